The molecule has 0 amide bonds. The Hall–Kier alpha value is -2.68. The third kappa shape index (κ3) is 3.08. The van der Waals surface area contributed by atoms with E-state index in [-0.39, 0.29) is 0 Å². The second kappa shape index (κ2) is 6.18. The molecule has 3 aromatic rings. The number of benzene rings is 2. The first kappa shape index (κ1) is 13.3. The van der Waals surface area contributed by atoms with Crippen molar-refractivity contribution in [2.24, 2.45) is 0 Å². The molecule has 0 bridgehead atoms. The van der Waals surface area contributed by atoms with Crippen LogP contribution >= 0.6 is 0 Å². The Balaban J connectivity index is 1.88. The molecule has 1 N–H and O–H groups in total. The summed E-state index contributed by atoms with van der Waals surface area (Å²) < 4.78 is 0. The number of imidazole rings is 1. The molecule has 2 aromatic carbocycles. The highest BCUT2D eigenvalue weighted by Crippen LogP contribution is 2.24. The van der Waals surface area contributed by atoms with Gasteiger partial charge in [-0.25, -0.2) is 4.98 Å². The van der Waals surface area contributed by atoms with Gasteiger partial charge in [0.25, 0.3) is 0 Å². The largest absolute Gasteiger partial charge is 0.348 e. The molecule has 0 spiro atoms. The van der Waals surface area contributed by atoms with Crippen LogP contribution in [0.25, 0.3) is 11.1 Å². The van der Waals surface area contributed by atoms with Gasteiger partial charge in [-0.2, -0.15) is 0 Å². The van der Waals surface area contributed by atoms with E-state index in [0.717, 1.165) is 41.5 Å². The number of aldehydes is 1. The summed E-state index contributed by atoms with van der Waals surface area (Å²) in [5.41, 5.74) is 5.13. The third-order valence-electron chi connectivity index (χ3n) is 3.57. The van der Waals surface area contributed by atoms with E-state index in [0.29, 0.717) is 0 Å². The maximum Gasteiger partial charge on any atom is 0.150 e. The Morgan fingerprint density at radius 3 is 2.62 bits per heavy atom. The van der Waals surface area contributed by atoms with Gasteiger partial charge in [0.05, 0.1) is 6.33 Å². The van der Waals surface area contributed by atoms with Crippen molar-refractivity contribution in [3.05, 3.63) is 77.9 Å². The van der Waals surface area contributed by atoms with Crippen LogP contribution in [0.2, 0.25) is 0 Å². The molecule has 3 heteroatoms. The first-order valence-electron chi connectivity index (χ1n) is 6.97. The van der Waals surface area contributed by atoms with E-state index in [1.807, 2.05) is 48.7 Å². The zero-order valence-corrected chi connectivity index (χ0v) is 11.6. The highest BCUT2D eigenvalue weighted by Gasteiger charge is 2.06. The summed E-state index contributed by atoms with van der Waals surface area (Å²) in [5.74, 6) is 0. The lowest BCUT2D eigenvalue weighted by molar-refractivity contribution is 0.112. The molecular formula is C18H16N2O. The van der Waals surface area contributed by atoms with Gasteiger partial charge in [-0.15, -0.1) is 0 Å². The van der Waals surface area contributed by atoms with Crippen molar-refractivity contribution in [3.63, 3.8) is 0 Å². The monoisotopic (exact) mass is 276 g/mol. The number of nitrogens with zero attached hydrogens (tertiary/aromatic N) is 1. The molecule has 1 aromatic heterocycles. The number of carbonyl (C=O) groups is 1. The Bertz CT molecular complexity index is 718. The fraction of sp³-hybridized carbons (Fsp3) is 0.111. The first-order valence-corrected chi connectivity index (χ1v) is 6.97. The fourth-order valence-corrected chi connectivity index (χ4v) is 2.43. The summed E-state index contributed by atoms with van der Waals surface area (Å²) in [5, 5.41) is 0. The molecular weight excluding hydrogens is 260 g/mol. The van der Waals surface area contributed by atoms with Crippen molar-refractivity contribution in [3.8, 4) is 11.1 Å². The van der Waals surface area contributed by atoms with Crippen LogP contribution in [0.1, 0.15) is 21.6 Å². The number of aromatic nitrogens is 2. The van der Waals surface area contributed by atoms with Crippen LogP contribution in [-0.2, 0) is 12.8 Å². The van der Waals surface area contributed by atoms with Crippen molar-refractivity contribution in [2.45, 2.75) is 12.8 Å². The number of H-pyrrole nitrogens is 1. The second-order valence-electron chi connectivity index (χ2n) is 4.98. The zero-order valence-electron chi connectivity index (χ0n) is 11.6. The van der Waals surface area contributed by atoms with Crippen LogP contribution in [-0.4, -0.2) is 16.3 Å². The minimum atomic E-state index is 0.728. The van der Waals surface area contributed by atoms with Gasteiger partial charge in [-0.05, 0) is 29.5 Å². The summed E-state index contributed by atoms with van der Waals surface area (Å²) in [6.45, 7) is 0. The van der Waals surface area contributed by atoms with Crippen LogP contribution in [0.3, 0.4) is 0 Å². The lowest BCUT2D eigenvalue weighted by Crippen LogP contribution is -1.95. The Morgan fingerprint density at radius 2 is 1.90 bits per heavy atom. The number of aryl methyl sites for hydroxylation is 2. The van der Waals surface area contributed by atoms with E-state index in [1.165, 1.54) is 5.56 Å². The molecule has 104 valence electrons. The number of hydrogen-bond acceptors (Lipinski definition) is 2. The smallest absolute Gasteiger partial charge is 0.150 e. The quantitative estimate of drug-likeness (QED) is 0.723. The van der Waals surface area contributed by atoms with E-state index in [9.17, 15) is 4.79 Å². The SMILES string of the molecule is O=Cc1ccc(CCc2cnc[nH]2)cc1-c1ccccc1. The highest BCUT2D eigenvalue weighted by atomic mass is 16.1. The molecule has 0 aliphatic rings. The van der Waals surface area contributed by atoms with Gasteiger partial charge in [-0.1, -0.05) is 48.5 Å². The maximum atomic E-state index is 11.2. The second-order valence-corrected chi connectivity index (χ2v) is 4.98. The summed E-state index contributed by atoms with van der Waals surface area (Å²) in [6.07, 6.45) is 6.29. The van der Waals surface area contributed by atoms with Crippen LogP contribution in [0, 0.1) is 0 Å². The summed E-state index contributed by atoms with van der Waals surface area (Å²) >= 11 is 0. The minimum Gasteiger partial charge on any atom is -0.348 e. The highest BCUT2D eigenvalue weighted by molar-refractivity contribution is 5.87. The predicted octanol–water partition coefficient (Wildman–Crippen LogP) is 3.67. The summed E-state index contributed by atoms with van der Waals surface area (Å²) in [4.78, 5) is 18.4. The third-order valence-corrected chi connectivity index (χ3v) is 3.57. The van der Waals surface area contributed by atoms with Gasteiger partial charge in [-0.3, -0.25) is 4.79 Å². The number of nitrogens with one attached hydrogen (secondary N) is 1. The van der Waals surface area contributed by atoms with E-state index >= 15 is 0 Å². The summed E-state index contributed by atoms with van der Waals surface area (Å²) in [6, 6.07) is 16.0. The average molecular weight is 276 g/mol. The van der Waals surface area contributed by atoms with Crippen LogP contribution in [0.4, 0.5) is 0 Å². The van der Waals surface area contributed by atoms with E-state index in [1.54, 1.807) is 6.33 Å². The average Bonchev–Trinajstić information content (AvgIpc) is 3.07. The van der Waals surface area contributed by atoms with Crippen molar-refractivity contribution in [2.75, 3.05) is 0 Å². The minimum absolute atomic E-state index is 0.728. The van der Waals surface area contributed by atoms with Crippen LogP contribution in [0.15, 0.2) is 61.1 Å². The topological polar surface area (TPSA) is 45.8 Å². The molecule has 21 heavy (non-hydrogen) atoms. The standard InChI is InChI=1S/C18H16N2O/c21-12-16-8-6-14(7-9-17-11-19-13-20-17)10-18(16)15-4-2-1-3-5-15/h1-6,8,10-13H,7,9H2,(H,19,20). The lowest BCUT2D eigenvalue weighted by atomic mass is 9.96. The van der Waals surface area contributed by atoms with Crippen molar-refractivity contribution in [1.29, 1.82) is 0 Å². The van der Waals surface area contributed by atoms with Gasteiger partial charge in [0, 0.05) is 17.5 Å². The Morgan fingerprint density at radius 1 is 1.05 bits per heavy atom. The number of carbonyl (C=O) groups excluding carboxylic acids is 1. The molecule has 0 fully saturated rings. The van der Waals surface area contributed by atoms with Gasteiger partial charge in [0.1, 0.15) is 0 Å². The Labute approximate surface area is 123 Å². The predicted molar refractivity (Wildman–Crippen MR) is 83.3 cm³/mol. The zero-order chi connectivity index (χ0) is 14.5. The van der Waals surface area contributed by atoms with Crippen molar-refractivity contribution < 1.29 is 4.79 Å². The van der Waals surface area contributed by atoms with E-state index in [4.69, 9.17) is 0 Å². The molecule has 0 aliphatic heterocycles. The van der Waals surface area contributed by atoms with Gasteiger partial charge >= 0.3 is 0 Å². The molecule has 0 saturated heterocycles. The molecule has 1 heterocycles. The molecule has 0 atom stereocenters. The molecule has 3 rings (SSSR count). The van der Waals surface area contributed by atoms with Crippen molar-refractivity contribution >= 4 is 6.29 Å². The van der Waals surface area contributed by atoms with Gasteiger partial charge in [0.15, 0.2) is 6.29 Å². The first-order chi connectivity index (χ1) is 10.4. The number of rotatable bonds is 5. The fourth-order valence-electron chi connectivity index (χ4n) is 2.43. The molecule has 0 aliphatic carbocycles. The lowest BCUT2D eigenvalue weighted by Gasteiger charge is -2.08. The molecule has 0 unspecified atom stereocenters. The van der Waals surface area contributed by atoms with E-state index < -0.39 is 0 Å². The normalized spacial score (nSPS) is 10.5. The van der Waals surface area contributed by atoms with Gasteiger partial charge < -0.3 is 4.98 Å². The van der Waals surface area contributed by atoms with E-state index in [2.05, 4.69) is 16.0 Å². The van der Waals surface area contributed by atoms with Crippen LogP contribution in [0.5, 0.6) is 0 Å². The number of hydrogen-bond donors (Lipinski definition) is 1. The summed E-state index contributed by atoms with van der Waals surface area (Å²) in [7, 11) is 0. The van der Waals surface area contributed by atoms with Gasteiger partial charge in [0.2, 0.25) is 0 Å². The van der Waals surface area contributed by atoms with Crippen LogP contribution < -0.4 is 0 Å². The Kier molecular flexibility index (Phi) is 3.92. The molecule has 0 saturated carbocycles. The maximum absolute atomic E-state index is 11.2. The molecule has 3 nitrogen and oxygen atoms in total. The van der Waals surface area contributed by atoms with Crippen molar-refractivity contribution in [1.82, 2.24) is 9.97 Å². The molecule has 0 radical (unpaired) electrons. The number of aromatic amines is 1.